The van der Waals surface area contributed by atoms with Gasteiger partial charge >= 0.3 is 0 Å². The molecule has 4 N–H and O–H groups in total. The zero-order valence-electron chi connectivity index (χ0n) is 25.7. The number of benzene rings is 2. The van der Waals surface area contributed by atoms with Gasteiger partial charge in [-0.25, -0.2) is 0 Å². The molecule has 0 fully saturated rings. The molecule has 0 heterocycles. The number of aryl methyl sites for hydroxylation is 4. The van der Waals surface area contributed by atoms with E-state index in [1.807, 2.05) is 13.8 Å². The molecule has 0 aromatic heterocycles. The van der Waals surface area contributed by atoms with Crippen molar-refractivity contribution in [3.63, 3.8) is 0 Å². The predicted molar refractivity (Wildman–Crippen MR) is 164 cm³/mol. The maximum absolute atomic E-state index is 10.4. The average Bonchev–Trinajstić information content (AvgIpc) is 2.81. The summed E-state index contributed by atoms with van der Waals surface area (Å²) in [6.07, 6.45) is 9.38. The summed E-state index contributed by atoms with van der Waals surface area (Å²) < 4.78 is 0. The standard InChI is InChI=1S/C34H56N2O2/c1-25-21-27(23-29(31(25)37)33(3,4)5)15-13-19-35-17-11-9-10-12-18-36-20-14-16-28-22-26(2)32(38)30(24-28)34(6,7)8/h21-24,35-38H,9-20H2,1-8H3. The summed E-state index contributed by atoms with van der Waals surface area (Å²) >= 11 is 0. The lowest BCUT2D eigenvalue weighted by atomic mass is 9.83. The Morgan fingerprint density at radius 2 is 0.868 bits per heavy atom. The van der Waals surface area contributed by atoms with Gasteiger partial charge < -0.3 is 20.8 Å². The van der Waals surface area contributed by atoms with Crippen LogP contribution in [0, 0.1) is 13.8 Å². The first-order chi connectivity index (χ1) is 17.8. The molecule has 0 aliphatic rings. The van der Waals surface area contributed by atoms with Gasteiger partial charge in [-0.2, -0.15) is 0 Å². The Bertz CT molecular complexity index is 918. The summed E-state index contributed by atoms with van der Waals surface area (Å²) in [5.74, 6) is 0.905. The van der Waals surface area contributed by atoms with E-state index in [1.54, 1.807) is 0 Å². The van der Waals surface area contributed by atoms with Crippen LogP contribution in [0.2, 0.25) is 0 Å². The van der Waals surface area contributed by atoms with Crippen molar-refractivity contribution in [1.29, 1.82) is 0 Å². The van der Waals surface area contributed by atoms with Crippen molar-refractivity contribution in [1.82, 2.24) is 10.6 Å². The molecule has 0 bridgehead atoms. The molecule has 0 amide bonds. The van der Waals surface area contributed by atoms with E-state index in [0.29, 0.717) is 11.5 Å². The van der Waals surface area contributed by atoms with Gasteiger partial charge in [0.25, 0.3) is 0 Å². The molecule has 214 valence electrons. The van der Waals surface area contributed by atoms with Crippen LogP contribution in [0.5, 0.6) is 11.5 Å². The van der Waals surface area contributed by atoms with Gasteiger partial charge in [0.15, 0.2) is 0 Å². The largest absolute Gasteiger partial charge is 0.507 e. The van der Waals surface area contributed by atoms with Gasteiger partial charge in [-0.05, 0) is 123 Å². The van der Waals surface area contributed by atoms with E-state index in [4.69, 9.17) is 0 Å². The van der Waals surface area contributed by atoms with E-state index in [0.717, 1.165) is 74.1 Å². The smallest absolute Gasteiger partial charge is 0.122 e. The number of rotatable bonds is 15. The second-order valence-electron chi connectivity index (χ2n) is 13.2. The topological polar surface area (TPSA) is 64.5 Å². The molecule has 2 rings (SSSR count). The first-order valence-electron chi connectivity index (χ1n) is 14.9. The van der Waals surface area contributed by atoms with Gasteiger partial charge in [-0.3, -0.25) is 0 Å². The Kier molecular flexibility index (Phi) is 12.6. The van der Waals surface area contributed by atoms with Crippen LogP contribution in [0.25, 0.3) is 0 Å². The highest BCUT2D eigenvalue weighted by Gasteiger charge is 2.21. The summed E-state index contributed by atoms with van der Waals surface area (Å²) in [5, 5.41) is 28.0. The normalized spacial score (nSPS) is 12.3. The Balaban J connectivity index is 1.50. The van der Waals surface area contributed by atoms with Gasteiger partial charge in [0.1, 0.15) is 11.5 Å². The number of hydrogen-bond donors (Lipinski definition) is 4. The molecular weight excluding hydrogens is 468 g/mol. The van der Waals surface area contributed by atoms with Crippen LogP contribution in [0.3, 0.4) is 0 Å². The maximum Gasteiger partial charge on any atom is 0.122 e. The molecule has 38 heavy (non-hydrogen) atoms. The van der Waals surface area contributed by atoms with E-state index >= 15 is 0 Å². The molecule has 2 aromatic carbocycles. The highest BCUT2D eigenvalue weighted by molar-refractivity contribution is 5.47. The van der Waals surface area contributed by atoms with Crippen molar-refractivity contribution in [3.05, 3.63) is 57.6 Å². The number of phenols is 2. The third kappa shape index (κ3) is 10.6. The fraction of sp³-hybridized carbons (Fsp3) is 0.647. The molecule has 0 radical (unpaired) electrons. The van der Waals surface area contributed by atoms with Gasteiger partial charge in [0.05, 0.1) is 0 Å². The van der Waals surface area contributed by atoms with E-state index in [1.165, 1.54) is 36.8 Å². The first kappa shape index (κ1) is 32.2. The zero-order chi connectivity index (χ0) is 28.3. The molecule has 0 aliphatic heterocycles. The zero-order valence-corrected chi connectivity index (χ0v) is 25.7. The van der Waals surface area contributed by atoms with Crippen LogP contribution < -0.4 is 10.6 Å². The lowest BCUT2D eigenvalue weighted by molar-refractivity contribution is 0.441. The molecule has 0 aliphatic carbocycles. The number of unbranched alkanes of at least 4 members (excludes halogenated alkanes) is 3. The van der Waals surface area contributed by atoms with Crippen molar-refractivity contribution in [3.8, 4) is 11.5 Å². The number of hydrogen-bond acceptors (Lipinski definition) is 4. The Morgan fingerprint density at radius 1 is 0.526 bits per heavy atom. The lowest BCUT2D eigenvalue weighted by Gasteiger charge is -2.22. The lowest BCUT2D eigenvalue weighted by Crippen LogP contribution is -2.18. The third-order valence-electron chi connectivity index (χ3n) is 7.43. The van der Waals surface area contributed by atoms with E-state index in [9.17, 15) is 10.2 Å². The van der Waals surface area contributed by atoms with E-state index < -0.39 is 0 Å². The first-order valence-corrected chi connectivity index (χ1v) is 14.9. The number of aromatic hydroxyl groups is 2. The number of nitrogens with one attached hydrogen (secondary N) is 2. The average molecular weight is 525 g/mol. The van der Waals surface area contributed by atoms with E-state index in [2.05, 4.69) is 76.4 Å². The minimum absolute atomic E-state index is 0.0396. The Hall–Kier alpha value is -2.04. The minimum atomic E-state index is -0.0396. The second kappa shape index (κ2) is 14.9. The number of phenolic OH excluding ortho intramolecular Hbond substituents is 2. The van der Waals surface area contributed by atoms with Crippen molar-refractivity contribution in [2.75, 3.05) is 26.2 Å². The van der Waals surface area contributed by atoms with Crippen molar-refractivity contribution in [2.24, 2.45) is 0 Å². The minimum Gasteiger partial charge on any atom is -0.507 e. The molecule has 0 atom stereocenters. The molecule has 4 heteroatoms. The molecule has 4 nitrogen and oxygen atoms in total. The van der Waals surface area contributed by atoms with Crippen LogP contribution in [0.4, 0.5) is 0 Å². The van der Waals surface area contributed by atoms with Crippen LogP contribution in [0.15, 0.2) is 24.3 Å². The Labute approximate surface area is 233 Å². The Morgan fingerprint density at radius 3 is 1.21 bits per heavy atom. The van der Waals surface area contributed by atoms with Gasteiger partial charge in [-0.1, -0.05) is 78.6 Å². The molecular formula is C34H56N2O2. The summed E-state index contributed by atoms with van der Waals surface area (Å²) in [6, 6.07) is 8.65. The predicted octanol–water partition coefficient (Wildman–Crippen LogP) is 7.61. The molecule has 2 aromatic rings. The molecule has 0 saturated carbocycles. The van der Waals surface area contributed by atoms with Crippen molar-refractivity contribution < 1.29 is 10.2 Å². The maximum atomic E-state index is 10.4. The van der Waals surface area contributed by atoms with Gasteiger partial charge in [0.2, 0.25) is 0 Å². The third-order valence-corrected chi connectivity index (χ3v) is 7.43. The molecule has 0 spiro atoms. The highest BCUT2D eigenvalue weighted by atomic mass is 16.3. The van der Waals surface area contributed by atoms with Crippen LogP contribution in [-0.4, -0.2) is 36.4 Å². The van der Waals surface area contributed by atoms with Crippen molar-refractivity contribution >= 4 is 0 Å². The summed E-state index contributed by atoms with van der Waals surface area (Å²) in [7, 11) is 0. The fourth-order valence-electron chi connectivity index (χ4n) is 5.08. The highest BCUT2D eigenvalue weighted by Crippen LogP contribution is 2.35. The van der Waals surface area contributed by atoms with Crippen LogP contribution >= 0.6 is 0 Å². The second-order valence-corrected chi connectivity index (χ2v) is 13.2. The summed E-state index contributed by atoms with van der Waals surface area (Å²) in [5.41, 5.74) is 6.65. The van der Waals surface area contributed by atoms with Crippen molar-refractivity contribution in [2.45, 2.75) is 118 Å². The molecule has 0 unspecified atom stereocenters. The monoisotopic (exact) mass is 524 g/mol. The van der Waals surface area contributed by atoms with Crippen LogP contribution in [-0.2, 0) is 23.7 Å². The SMILES string of the molecule is Cc1cc(CCCNCCCCCCNCCCc2cc(C)c(O)c(C(C)(C)C)c2)cc(C(C)(C)C)c1O. The fourth-order valence-corrected chi connectivity index (χ4v) is 5.08. The van der Waals surface area contributed by atoms with Crippen LogP contribution in [0.1, 0.15) is 113 Å². The quantitative estimate of drug-likeness (QED) is 0.181. The molecule has 0 saturated heterocycles. The summed E-state index contributed by atoms with van der Waals surface area (Å²) in [4.78, 5) is 0. The van der Waals surface area contributed by atoms with Gasteiger partial charge in [0, 0.05) is 0 Å². The van der Waals surface area contributed by atoms with E-state index in [-0.39, 0.29) is 10.8 Å². The van der Waals surface area contributed by atoms with Gasteiger partial charge in [-0.15, -0.1) is 0 Å². The summed E-state index contributed by atoms with van der Waals surface area (Å²) in [6.45, 7) is 21.2.